The number of aromatic nitrogens is 2. The fourth-order valence-corrected chi connectivity index (χ4v) is 5.17. The van der Waals surface area contributed by atoms with Gasteiger partial charge >= 0.3 is 5.69 Å². The molecule has 9 heteroatoms. The topological polar surface area (TPSA) is 59.5 Å². The third-order valence-electron chi connectivity index (χ3n) is 6.99. The highest BCUT2D eigenvalue weighted by Gasteiger charge is 2.38. The van der Waals surface area contributed by atoms with Gasteiger partial charge in [-0.05, 0) is 45.4 Å². The van der Waals surface area contributed by atoms with Crippen LogP contribution in [0.1, 0.15) is 51.5 Å². The van der Waals surface area contributed by atoms with E-state index in [4.69, 9.17) is 9.47 Å². The summed E-state index contributed by atoms with van der Waals surface area (Å²) in [5.74, 6) is -1.39. The van der Waals surface area contributed by atoms with E-state index in [1.54, 1.807) is 11.7 Å². The standard InChI is InChI=1S/C22H31F2N3O3.ClH/c1-22(7-3-17(4-8-22)30-12-11-29-2)26-9-5-16(6-10-26)27-19-14-15(23)13-18(24)20(19)25-21(27)28;/h13-14,16-17H,3-12H2,1-2H3,(H,25,28);1H. The lowest BCUT2D eigenvalue weighted by atomic mass is 9.79. The Morgan fingerprint density at radius 3 is 2.45 bits per heavy atom. The summed E-state index contributed by atoms with van der Waals surface area (Å²) in [5.41, 5.74) is 0.168. The Bertz CT molecular complexity index is 932. The van der Waals surface area contributed by atoms with Crippen molar-refractivity contribution in [3.05, 3.63) is 34.3 Å². The smallest absolute Gasteiger partial charge is 0.326 e. The molecule has 1 aromatic heterocycles. The van der Waals surface area contributed by atoms with E-state index in [1.165, 1.54) is 6.07 Å². The molecule has 1 aliphatic carbocycles. The minimum atomic E-state index is -0.727. The van der Waals surface area contributed by atoms with Gasteiger partial charge in [0, 0.05) is 43.9 Å². The minimum Gasteiger partial charge on any atom is -0.382 e. The van der Waals surface area contributed by atoms with Crippen LogP contribution in [0.3, 0.4) is 0 Å². The summed E-state index contributed by atoms with van der Waals surface area (Å²) in [5, 5.41) is 0. The molecule has 1 N–H and O–H groups in total. The van der Waals surface area contributed by atoms with Crippen molar-refractivity contribution in [2.45, 2.75) is 63.1 Å². The van der Waals surface area contributed by atoms with Gasteiger partial charge in [0.15, 0.2) is 5.82 Å². The number of aromatic amines is 1. The third-order valence-corrected chi connectivity index (χ3v) is 6.99. The van der Waals surface area contributed by atoms with Gasteiger partial charge in [-0.2, -0.15) is 0 Å². The van der Waals surface area contributed by atoms with Gasteiger partial charge in [0.2, 0.25) is 0 Å². The molecule has 0 bridgehead atoms. The molecule has 2 fully saturated rings. The molecule has 1 saturated carbocycles. The number of rotatable bonds is 6. The molecular formula is C22H32ClF2N3O3. The lowest BCUT2D eigenvalue weighted by Crippen LogP contribution is -2.53. The molecule has 2 aliphatic rings. The Morgan fingerprint density at radius 2 is 1.81 bits per heavy atom. The maximum absolute atomic E-state index is 14.0. The first-order valence-electron chi connectivity index (χ1n) is 10.9. The van der Waals surface area contributed by atoms with Crippen LogP contribution in [0.5, 0.6) is 0 Å². The number of H-pyrrole nitrogens is 1. The van der Waals surface area contributed by atoms with Crippen LogP contribution < -0.4 is 5.69 Å². The maximum Gasteiger partial charge on any atom is 0.326 e. The van der Waals surface area contributed by atoms with Crippen molar-refractivity contribution in [1.82, 2.24) is 14.5 Å². The highest BCUT2D eigenvalue weighted by molar-refractivity contribution is 5.85. The summed E-state index contributed by atoms with van der Waals surface area (Å²) in [4.78, 5) is 17.6. The number of hydrogen-bond donors (Lipinski definition) is 1. The Balaban J connectivity index is 0.00000272. The molecule has 31 heavy (non-hydrogen) atoms. The van der Waals surface area contributed by atoms with E-state index < -0.39 is 11.6 Å². The van der Waals surface area contributed by atoms with E-state index in [9.17, 15) is 13.6 Å². The molecule has 1 aromatic carbocycles. The average Bonchev–Trinajstić information content (AvgIpc) is 3.06. The second-order valence-corrected chi connectivity index (χ2v) is 8.86. The lowest BCUT2D eigenvalue weighted by Gasteiger charge is -2.48. The van der Waals surface area contributed by atoms with Gasteiger partial charge < -0.3 is 14.5 Å². The highest BCUT2D eigenvalue weighted by Crippen LogP contribution is 2.38. The van der Waals surface area contributed by atoms with Gasteiger partial charge in [0.05, 0.1) is 24.8 Å². The molecular weight excluding hydrogens is 428 g/mol. The van der Waals surface area contributed by atoms with Gasteiger partial charge in [0.25, 0.3) is 0 Å². The number of halogens is 3. The zero-order chi connectivity index (χ0) is 21.3. The number of imidazole rings is 1. The van der Waals surface area contributed by atoms with E-state index in [1.807, 2.05) is 0 Å². The molecule has 2 aromatic rings. The van der Waals surface area contributed by atoms with Gasteiger partial charge in [-0.15, -0.1) is 12.4 Å². The Labute approximate surface area is 187 Å². The molecule has 0 amide bonds. The first kappa shape index (κ1) is 24.2. The second-order valence-electron chi connectivity index (χ2n) is 8.86. The van der Waals surface area contributed by atoms with Crippen molar-refractivity contribution in [3.63, 3.8) is 0 Å². The first-order chi connectivity index (χ1) is 14.4. The number of fused-ring (bicyclic) bond motifs is 1. The van der Waals surface area contributed by atoms with Crippen molar-refractivity contribution in [1.29, 1.82) is 0 Å². The second kappa shape index (κ2) is 9.98. The van der Waals surface area contributed by atoms with Crippen LogP contribution >= 0.6 is 12.4 Å². The molecule has 0 spiro atoms. The number of nitrogens with zero attached hydrogens (tertiary/aromatic N) is 2. The minimum absolute atomic E-state index is 0. The highest BCUT2D eigenvalue weighted by atomic mass is 35.5. The van der Waals surface area contributed by atoms with Gasteiger partial charge in [0.1, 0.15) is 11.3 Å². The summed E-state index contributed by atoms with van der Waals surface area (Å²) in [7, 11) is 1.68. The predicted octanol–water partition coefficient (Wildman–Crippen LogP) is 4.03. The van der Waals surface area contributed by atoms with Crippen molar-refractivity contribution in [2.75, 3.05) is 33.4 Å². The monoisotopic (exact) mass is 459 g/mol. The van der Waals surface area contributed by atoms with Gasteiger partial charge in [-0.3, -0.25) is 9.47 Å². The van der Waals surface area contributed by atoms with Crippen LogP contribution in [0.4, 0.5) is 8.78 Å². The Kier molecular flexibility index (Phi) is 7.78. The molecule has 174 valence electrons. The number of ether oxygens (including phenoxy) is 2. The van der Waals surface area contributed by atoms with Crippen LogP contribution in [0, 0.1) is 11.6 Å². The van der Waals surface area contributed by atoms with Gasteiger partial charge in [-0.1, -0.05) is 0 Å². The summed E-state index contributed by atoms with van der Waals surface area (Å²) in [6.45, 7) is 5.33. The fourth-order valence-electron chi connectivity index (χ4n) is 5.17. The van der Waals surface area contributed by atoms with Crippen LogP contribution in [-0.4, -0.2) is 59.5 Å². The van der Waals surface area contributed by atoms with Crippen LogP contribution in [0.15, 0.2) is 16.9 Å². The van der Waals surface area contributed by atoms with E-state index in [0.29, 0.717) is 24.8 Å². The van der Waals surface area contributed by atoms with Crippen molar-refractivity contribution in [2.24, 2.45) is 0 Å². The van der Waals surface area contributed by atoms with Crippen LogP contribution in [0.2, 0.25) is 0 Å². The molecule has 0 unspecified atom stereocenters. The molecule has 4 rings (SSSR count). The van der Waals surface area contributed by atoms with E-state index in [0.717, 1.165) is 57.7 Å². The van der Waals surface area contributed by atoms with E-state index in [-0.39, 0.29) is 35.2 Å². The zero-order valence-electron chi connectivity index (χ0n) is 18.2. The summed E-state index contributed by atoms with van der Waals surface area (Å²) in [6, 6.07) is 2.00. The number of nitrogens with one attached hydrogen (secondary N) is 1. The number of benzene rings is 1. The molecule has 6 nitrogen and oxygen atoms in total. The Hall–Kier alpha value is -1.48. The fraction of sp³-hybridized carbons (Fsp3) is 0.682. The number of methoxy groups -OCH3 is 1. The van der Waals surface area contributed by atoms with Gasteiger partial charge in [-0.25, -0.2) is 13.6 Å². The normalized spacial score (nSPS) is 25.6. The number of hydrogen-bond acceptors (Lipinski definition) is 4. The van der Waals surface area contributed by atoms with Crippen LogP contribution in [0.25, 0.3) is 11.0 Å². The summed E-state index contributed by atoms with van der Waals surface area (Å²) in [6.07, 6.45) is 6.13. The largest absolute Gasteiger partial charge is 0.382 e. The molecule has 0 radical (unpaired) electrons. The Morgan fingerprint density at radius 1 is 1.13 bits per heavy atom. The zero-order valence-corrected chi connectivity index (χ0v) is 19.0. The first-order valence-corrected chi connectivity index (χ1v) is 10.9. The number of piperidine rings is 1. The van der Waals surface area contributed by atoms with E-state index in [2.05, 4.69) is 16.8 Å². The molecule has 1 saturated heterocycles. The molecule has 0 atom stereocenters. The average molecular weight is 460 g/mol. The van der Waals surface area contributed by atoms with Crippen molar-refractivity contribution in [3.8, 4) is 0 Å². The van der Waals surface area contributed by atoms with Crippen LogP contribution in [-0.2, 0) is 9.47 Å². The molecule has 2 heterocycles. The predicted molar refractivity (Wildman–Crippen MR) is 118 cm³/mol. The lowest BCUT2D eigenvalue weighted by molar-refractivity contribution is -0.0419. The maximum atomic E-state index is 14.0. The van der Waals surface area contributed by atoms with Crippen molar-refractivity contribution < 1.29 is 18.3 Å². The number of likely N-dealkylation sites (tertiary alicyclic amines) is 1. The third kappa shape index (κ3) is 4.97. The van der Waals surface area contributed by atoms with E-state index >= 15 is 0 Å². The van der Waals surface area contributed by atoms with Crippen molar-refractivity contribution >= 4 is 23.4 Å². The molecule has 1 aliphatic heterocycles. The summed E-state index contributed by atoms with van der Waals surface area (Å²) >= 11 is 0. The SMILES string of the molecule is COCCOC1CCC(C)(N2CCC(n3c(=O)[nH]c4c(F)cc(F)cc43)CC2)CC1.Cl. The summed E-state index contributed by atoms with van der Waals surface area (Å²) < 4.78 is 40.3. The quantitative estimate of drug-likeness (QED) is 0.662.